The first-order chi connectivity index (χ1) is 13.1. The SMILES string of the molecule is Cc1ccc(CC2CCCN2C(=O)c2cnn(-c3ccccc3F)c2)cc1. The molecule has 1 aliphatic heterocycles. The monoisotopic (exact) mass is 363 g/mol. The Bertz CT molecular complexity index is 948. The van der Waals surface area contributed by atoms with Gasteiger partial charge in [-0.25, -0.2) is 9.07 Å². The Labute approximate surface area is 158 Å². The van der Waals surface area contributed by atoms with Gasteiger partial charge in [-0.05, 0) is 43.9 Å². The zero-order valence-corrected chi connectivity index (χ0v) is 15.3. The van der Waals surface area contributed by atoms with Crippen LogP contribution in [0.15, 0.2) is 60.9 Å². The lowest BCUT2D eigenvalue weighted by atomic mass is 10.0. The number of hydrogen-bond acceptors (Lipinski definition) is 2. The Morgan fingerprint density at radius 2 is 1.96 bits per heavy atom. The molecule has 2 aromatic carbocycles. The highest BCUT2D eigenvalue weighted by Crippen LogP contribution is 2.24. The van der Waals surface area contributed by atoms with Crippen molar-refractivity contribution >= 4 is 5.91 Å². The lowest BCUT2D eigenvalue weighted by molar-refractivity contribution is 0.0736. The maximum absolute atomic E-state index is 14.0. The van der Waals surface area contributed by atoms with Crippen LogP contribution in [0.3, 0.4) is 0 Å². The largest absolute Gasteiger partial charge is 0.335 e. The number of nitrogens with zero attached hydrogens (tertiary/aromatic N) is 3. The summed E-state index contributed by atoms with van der Waals surface area (Å²) < 4.78 is 15.4. The minimum atomic E-state index is -0.363. The van der Waals surface area contributed by atoms with E-state index in [-0.39, 0.29) is 17.8 Å². The Morgan fingerprint density at radius 1 is 1.19 bits per heavy atom. The summed E-state index contributed by atoms with van der Waals surface area (Å²) in [5, 5.41) is 4.19. The fraction of sp³-hybridized carbons (Fsp3) is 0.273. The predicted octanol–water partition coefficient (Wildman–Crippen LogP) is 4.17. The van der Waals surface area contributed by atoms with Gasteiger partial charge in [0.15, 0.2) is 0 Å². The van der Waals surface area contributed by atoms with Crippen molar-refractivity contribution in [3.63, 3.8) is 0 Å². The second-order valence-corrected chi connectivity index (χ2v) is 7.11. The number of halogens is 1. The van der Waals surface area contributed by atoms with Crippen LogP contribution in [0.5, 0.6) is 0 Å². The average Bonchev–Trinajstić information content (AvgIpc) is 3.33. The number of benzene rings is 2. The van der Waals surface area contributed by atoms with Gasteiger partial charge in [-0.15, -0.1) is 0 Å². The van der Waals surface area contributed by atoms with E-state index in [9.17, 15) is 9.18 Å². The highest BCUT2D eigenvalue weighted by atomic mass is 19.1. The minimum absolute atomic E-state index is 0.0350. The Hall–Kier alpha value is -2.95. The molecule has 5 heteroatoms. The fourth-order valence-corrected chi connectivity index (χ4v) is 3.68. The van der Waals surface area contributed by atoms with Crippen LogP contribution >= 0.6 is 0 Å². The number of para-hydroxylation sites is 1. The summed E-state index contributed by atoms with van der Waals surface area (Å²) in [5.74, 6) is -0.398. The molecule has 1 saturated heterocycles. The summed E-state index contributed by atoms with van der Waals surface area (Å²) in [4.78, 5) is 14.9. The van der Waals surface area contributed by atoms with Crippen LogP contribution < -0.4 is 0 Å². The molecular weight excluding hydrogens is 341 g/mol. The lowest BCUT2D eigenvalue weighted by Crippen LogP contribution is -2.36. The maximum atomic E-state index is 14.0. The molecule has 0 spiro atoms. The van der Waals surface area contributed by atoms with Crippen molar-refractivity contribution in [3.05, 3.63) is 83.4 Å². The van der Waals surface area contributed by atoms with E-state index in [1.54, 1.807) is 24.4 Å². The van der Waals surface area contributed by atoms with E-state index in [1.165, 1.54) is 28.1 Å². The van der Waals surface area contributed by atoms with E-state index in [0.717, 1.165) is 25.8 Å². The van der Waals surface area contributed by atoms with Crippen LogP contribution in [0.4, 0.5) is 4.39 Å². The van der Waals surface area contributed by atoms with E-state index in [1.807, 2.05) is 4.90 Å². The molecule has 1 amide bonds. The van der Waals surface area contributed by atoms with E-state index in [2.05, 4.69) is 36.3 Å². The molecule has 2 heterocycles. The van der Waals surface area contributed by atoms with Crippen molar-refractivity contribution in [2.24, 2.45) is 0 Å². The Kier molecular flexibility index (Phi) is 4.75. The first kappa shape index (κ1) is 17.5. The lowest BCUT2D eigenvalue weighted by Gasteiger charge is -2.24. The molecule has 1 aromatic heterocycles. The molecule has 3 aromatic rings. The first-order valence-electron chi connectivity index (χ1n) is 9.28. The summed E-state index contributed by atoms with van der Waals surface area (Å²) in [6, 6.07) is 15.1. The molecule has 1 atom stereocenters. The molecule has 0 N–H and O–H groups in total. The number of hydrogen-bond donors (Lipinski definition) is 0. The summed E-state index contributed by atoms with van der Waals surface area (Å²) in [6.07, 6.45) is 6.00. The summed E-state index contributed by atoms with van der Waals surface area (Å²) >= 11 is 0. The van der Waals surface area contributed by atoms with Crippen LogP contribution in [0.25, 0.3) is 5.69 Å². The van der Waals surface area contributed by atoms with Crippen molar-refractivity contribution in [2.75, 3.05) is 6.54 Å². The van der Waals surface area contributed by atoms with Gasteiger partial charge in [0, 0.05) is 18.8 Å². The van der Waals surface area contributed by atoms with E-state index < -0.39 is 0 Å². The average molecular weight is 363 g/mol. The number of aryl methyl sites for hydroxylation is 1. The van der Waals surface area contributed by atoms with Gasteiger partial charge >= 0.3 is 0 Å². The molecule has 0 bridgehead atoms. The summed E-state index contributed by atoms with van der Waals surface area (Å²) in [5.41, 5.74) is 3.31. The molecule has 1 fully saturated rings. The van der Waals surface area contributed by atoms with Crippen LogP contribution in [-0.2, 0) is 6.42 Å². The van der Waals surface area contributed by atoms with Gasteiger partial charge in [-0.1, -0.05) is 42.0 Å². The van der Waals surface area contributed by atoms with Crippen LogP contribution in [-0.4, -0.2) is 33.2 Å². The number of carbonyl (C=O) groups excluding carboxylic acids is 1. The molecule has 27 heavy (non-hydrogen) atoms. The van der Waals surface area contributed by atoms with Gasteiger partial charge < -0.3 is 4.90 Å². The molecule has 0 saturated carbocycles. The Balaban J connectivity index is 1.52. The van der Waals surface area contributed by atoms with Crippen LogP contribution in [0.2, 0.25) is 0 Å². The topological polar surface area (TPSA) is 38.1 Å². The fourth-order valence-electron chi connectivity index (χ4n) is 3.68. The number of amides is 1. The molecular formula is C22H22FN3O. The molecule has 4 rings (SSSR count). The van der Waals surface area contributed by atoms with Crippen molar-refractivity contribution in [1.82, 2.24) is 14.7 Å². The van der Waals surface area contributed by atoms with Gasteiger partial charge in [0.05, 0.1) is 11.8 Å². The van der Waals surface area contributed by atoms with Gasteiger partial charge in [0.1, 0.15) is 11.5 Å². The number of likely N-dealkylation sites (tertiary alicyclic amines) is 1. The third-order valence-corrected chi connectivity index (χ3v) is 5.16. The van der Waals surface area contributed by atoms with Gasteiger partial charge in [-0.3, -0.25) is 4.79 Å². The highest BCUT2D eigenvalue weighted by Gasteiger charge is 2.30. The zero-order chi connectivity index (χ0) is 18.8. The first-order valence-corrected chi connectivity index (χ1v) is 9.28. The third kappa shape index (κ3) is 3.63. The quantitative estimate of drug-likeness (QED) is 0.698. The molecule has 1 aliphatic rings. The summed E-state index contributed by atoms with van der Waals surface area (Å²) in [7, 11) is 0. The number of rotatable bonds is 4. The minimum Gasteiger partial charge on any atom is -0.335 e. The van der Waals surface area contributed by atoms with Gasteiger partial charge in [-0.2, -0.15) is 5.10 Å². The molecule has 1 unspecified atom stereocenters. The summed E-state index contributed by atoms with van der Waals surface area (Å²) in [6.45, 7) is 2.82. The molecule has 138 valence electrons. The third-order valence-electron chi connectivity index (χ3n) is 5.16. The molecule has 4 nitrogen and oxygen atoms in total. The second kappa shape index (κ2) is 7.35. The molecule has 0 aliphatic carbocycles. The standard InChI is InChI=1S/C22H22FN3O/c1-16-8-10-17(11-9-16)13-19-5-4-12-25(19)22(27)18-14-24-26(15-18)21-7-3-2-6-20(21)23/h2-3,6-11,14-15,19H,4-5,12-13H2,1H3. The van der Waals surface area contributed by atoms with E-state index in [4.69, 9.17) is 0 Å². The maximum Gasteiger partial charge on any atom is 0.257 e. The van der Waals surface area contributed by atoms with Crippen molar-refractivity contribution in [3.8, 4) is 5.69 Å². The second-order valence-electron chi connectivity index (χ2n) is 7.11. The van der Waals surface area contributed by atoms with Crippen LogP contribution in [0, 0.1) is 12.7 Å². The Morgan fingerprint density at radius 3 is 2.74 bits per heavy atom. The van der Waals surface area contributed by atoms with Crippen molar-refractivity contribution in [1.29, 1.82) is 0 Å². The van der Waals surface area contributed by atoms with E-state index in [0.29, 0.717) is 11.3 Å². The van der Waals surface area contributed by atoms with Crippen LogP contribution in [0.1, 0.15) is 34.3 Å². The molecule has 0 radical (unpaired) electrons. The number of carbonyl (C=O) groups is 1. The predicted molar refractivity (Wildman–Crippen MR) is 102 cm³/mol. The van der Waals surface area contributed by atoms with Gasteiger partial charge in [0.2, 0.25) is 0 Å². The van der Waals surface area contributed by atoms with Crippen molar-refractivity contribution in [2.45, 2.75) is 32.2 Å². The number of aromatic nitrogens is 2. The zero-order valence-electron chi connectivity index (χ0n) is 15.3. The highest BCUT2D eigenvalue weighted by molar-refractivity contribution is 5.94. The van der Waals surface area contributed by atoms with E-state index >= 15 is 0 Å². The van der Waals surface area contributed by atoms with Gasteiger partial charge in [0.25, 0.3) is 5.91 Å². The normalized spacial score (nSPS) is 16.7. The smallest absolute Gasteiger partial charge is 0.257 e. The van der Waals surface area contributed by atoms with Crippen molar-refractivity contribution < 1.29 is 9.18 Å².